The average Bonchev–Trinajstić information content (AvgIpc) is 2.31. The van der Waals surface area contributed by atoms with Gasteiger partial charge in [0.25, 0.3) is 0 Å². The first-order valence-electron chi connectivity index (χ1n) is 6.45. The summed E-state index contributed by atoms with van der Waals surface area (Å²) in [4.78, 5) is 16.2. The molecule has 0 aromatic heterocycles. The third kappa shape index (κ3) is 2.19. The number of hydrogen-bond acceptors (Lipinski definition) is 4. The normalized spacial score (nSPS) is 36.9. The summed E-state index contributed by atoms with van der Waals surface area (Å²) in [5, 5.41) is 13.0. The molecule has 0 aromatic rings. The molecule has 2 aliphatic heterocycles. The van der Waals surface area contributed by atoms with E-state index in [1.165, 1.54) is 0 Å². The van der Waals surface area contributed by atoms with Crippen molar-refractivity contribution >= 4 is 5.97 Å². The number of nitrogens with zero attached hydrogens (tertiary/aromatic N) is 2. The summed E-state index contributed by atoms with van der Waals surface area (Å²) in [5.41, 5.74) is -0.646. The number of carbonyl (C=O) groups is 1. The minimum atomic E-state index is -0.646. The molecule has 5 heteroatoms. The predicted molar refractivity (Wildman–Crippen MR) is 66.1 cm³/mol. The van der Waals surface area contributed by atoms with Gasteiger partial charge < -0.3 is 15.3 Å². The fraction of sp³-hybridized carbons (Fsp3) is 0.917. The number of nitrogens with one attached hydrogen (secondary N) is 1. The number of carboxylic acid groups (broad SMARTS) is 1. The van der Waals surface area contributed by atoms with Crippen LogP contribution in [0.2, 0.25) is 0 Å². The molecule has 2 heterocycles. The highest BCUT2D eigenvalue weighted by molar-refractivity contribution is 5.79. The summed E-state index contributed by atoms with van der Waals surface area (Å²) in [6, 6.07) is 0. The van der Waals surface area contributed by atoms with E-state index in [0.29, 0.717) is 6.42 Å². The molecule has 0 spiro atoms. The maximum atomic E-state index is 11.8. The predicted octanol–water partition coefficient (Wildman–Crippen LogP) is -0.313. The van der Waals surface area contributed by atoms with Crippen LogP contribution >= 0.6 is 0 Å². The first kappa shape index (κ1) is 12.8. The zero-order valence-corrected chi connectivity index (χ0v) is 10.8. The largest absolute Gasteiger partial charge is 0.480 e. The highest BCUT2D eigenvalue weighted by Gasteiger charge is 2.50. The van der Waals surface area contributed by atoms with Gasteiger partial charge in [-0.05, 0) is 25.9 Å². The minimum Gasteiger partial charge on any atom is -0.480 e. The molecule has 0 radical (unpaired) electrons. The lowest BCUT2D eigenvalue weighted by Crippen LogP contribution is -2.67. The molecule has 0 amide bonds. The van der Waals surface area contributed by atoms with Crippen LogP contribution in [-0.2, 0) is 4.79 Å². The Labute approximate surface area is 103 Å². The van der Waals surface area contributed by atoms with E-state index in [2.05, 4.69) is 29.1 Å². The summed E-state index contributed by atoms with van der Waals surface area (Å²) in [7, 11) is 2.09. The van der Waals surface area contributed by atoms with E-state index in [4.69, 9.17) is 0 Å². The monoisotopic (exact) mass is 241 g/mol. The second-order valence-electron chi connectivity index (χ2n) is 5.37. The maximum Gasteiger partial charge on any atom is 0.324 e. The molecule has 0 bridgehead atoms. The zero-order valence-electron chi connectivity index (χ0n) is 10.8. The van der Waals surface area contributed by atoms with Gasteiger partial charge in [0.2, 0.25) is 0 Å². The number of rotatable bonds is 2. The molecule has 2 rings (SSSR count). The number of aliphatic carboxylic acids is 1. The van der Waals surface area contributed by atoms with Crippen molar-refractivity contribution in [3.63, 3.8) is 0 Å². The second kappa shape index (κ2) is 4.92. The van der Waals surface area contributed by atoms with Crippen LogP contribution in [0.1, 0.15) is 13.3 Å². The van der Waals surface area contributed by atoms with E-state index in [-0.39, 0.29) is 5.92 Å². The molecule has 0 aliphatic carbocycles. The van der Waals surface area contributed by atoms with Crippen molar-refractivity contribution in [1.82, 2.24) is 15.1 Å². The van der Waals surface area contributed by atoms with Gasteiger partial charge >= 0.3 is 5.97 Å². The lowest BCUT2D eigenvalue weighted by atomic mass is 9.77. The Hall–Kier alpha value is -0.650. The molecule has 98 valence electrons. The van der Waals surface area contributed by atoms with Crippen LogP contribution in [0.5, 0.6) is 0 Å². The molecule has 0 aromatic carbocycles. The maximum absolute atomic E-state index is 11.8. The van der Waals surface area contributed by atoms with Crippen LogP contribution in [-0.4, -0.2) is 72.7 Å². The summed E-state index contributed by atoms with van der Waals surface area (Å²) in [6.07, 6.45) is 0.715. The van der Waals surface area contributed by atoms with Crippen LogP contribution in [0.3, 0.4) is 0 Å². The summed E-state index contributed by atoms with van der Waals surface area (Å²) in [6.45, 7) is 7.34. The quantitative estimate of drug-likeness (QED) is 0.694. The van der Waals surface area contributed by atoms with Gasteiger partial charge in [0, 0.05) is 32.7 Å². The Balaban J connectivity index is 2.18. The van der Waals surface area contributed by atoms with Gasteiger partial charge in [-0.2, -0.15) is 0 Å². The number of piperazine rings is 1. The van der Waals surface area contributed by atoms with Crippen molar-refractivity contribution in [3.05, 3.63) is 0 Å². The summed E-state index contributed by atoms with van der Waals surface area (Å²) in [5.74, 6) is -0.479. The van der Waals surface area contributed by atoms with Crippen LogP contribution in [0.4, 0.5) is 0 Å². The third-order valence-electron chi connectivity index (χ3n) is 4.39. The van der Waals surface area contributed by atoms with E-state index >= 15 is 0 Å². The fourth-order valence-electron chi connectivity index (χ4n) is 3.14. The van der Waals surface area contributed by atoms with Crippen molar-refractivity contribution in [2.75, 3.05) is 46.3 Å². The molecule has 17 heavy (non-hydrogen) atoms. The molecule has 2 N–H and O–H groups in total. The van der Waals surface area contributed by atoms with E-state index in [0.717, 1.165) is 39.3 Å². The van der Waals surface area contributed by atoms with Crippen LogP contribution in [0.25, 0.3) is 0 Å². The second-order valence-corrected chi connectivity index (χ2v) is 5.37. The molecule has 5 nitrogen and oxygen atoms in total. The number of carboxylic acids is 1. The van der Waals surface area contributed by atoms with Crippen molar-refractivity contribution in [3.8, 4) is 0 Å². The van der Waals surface area contributed by atoms with Crippen molar-refractivity contribution in [2.45, 2.75) is 18.9 Å². The zero-order chi connectivity index (χ0) is 12.5. The Morgan fingerprint density at radius 1 is 1.35 bits per heavy atom. The van der Waals surface area contributed by atoms with Crippen LogP contribution < -0.4 is 5.32 Å². The Kier molecular flexibility index (Phi) is 3.70. The SMILES string of the molecule is CC1CNCCC1(C(=O)O)N1CCN(C)CC1. The molecular weight excluding hydrogens is 218 g/mol. The van der Waals surface area contributed by atoms with Gasteiger partial charge in [-0.1, -0.05) is 6.92 Å². The molecular formula is C12H23N3O2. The average molecular weight is 241 g/mol. The minimum absolute atomic E-state index is 0.164. The number of likely N-dealkylation sites (N-methyl/N-ethyl adjacent to an activating group) is 1. The molecule has 2 saturated heterocycles. The van der Waals surface area contributed by atoms with E-state index in [1.54, 1.807) is 0 Å². The summed E-state index contributed by atoms with van der Waals surface area (Å²) >= 11 is 0. The lowest BCUT2D eigenvalue weighted by Gasteiger charge is -2.49. The molecule has 0 saturated carbocycles. The standard InChI is InChI=1S/C12H23N3O2/c1-10-9-13-4-3-12(10,11(16)17)15-7-5-14(2)6-8-15/h10,13H,3-9H2,1-2H3,(H,16,17). The first-order chi connectivity index (χ1) is 8.07. The molecule has 2 unspecified atom stereocenters. The fourth-order valence-corrected chi connectivity index (χ4v) is 3.14. The van der Waals surface area contributed by atoms with Gasteiger partial charge in [-0.25, -0.2) is 0 Å². The Bertz CT molecular complexity index is 289. The van der Waals surface area contributed by atoms with E-state index < -0.39 is 11.5 Å². The summed E-state index contributed by atoms with van der Waals surface area (Å²) < 4.78 is 0. The van der Waals surface area contributed by atoms with Gasteiger partial charge in [0.15, 0.2) is 0 Å². The van der Waals surface area contributed by atoms with Crippen molar-refractivity contribution < 1.29 is 9.90 Å². The highest BCUT2D eigenvalue weighted by atomic mass is 16.4. The molecule has 2 atom stereocenters. The molecule has 2 aliphatic rings. The Morgan fingerprint density at radius 2 is 2.00 bits per heavy atom. The third-order valence-corrected chi connectivity index (χ3v) is 4.39. The van der Waals surface area contributed by atoms with Crippen molar-refractivity contribution in [1.29, 1.82) is 0 Å². The van der Waals surface area contributed by atoms with E-state index in [9.17, 15) is 9.90 Å². The van der Waals surface area contributed by atoms with Gasteiger partial charge in [0.1, 0.15) is 5.54 Å². The lowest BCUT2D eigenvalue weighted by molar-refractivity contribution is -0.159. The first-order valence-corrected chi connectivity index (χ1v) is 6.45. The smallest absolute Gasteiger partial charge is 0.324 e. The topological polar surface area (TPSA) is 55.8 Å². The Morgan fingerprint density at radius 3 is 2.53 bits per heavy atom. The van der Waals surface area contributed by atoms with Crippen LogP contribution in [0.15, 0.2) is 0 Å². The van der Waals surface area contributed by atoms with Gasteiger partial charge in [0.05, 0.1) is 0 Å². The van der Waals surface area contributed by atoms with Crippen LogP contribution in [0, 0.1) is 5.92 Å². The van der Waals surface area contributed by atoms with Crippen molar-refractivity contribution in [2.24, 2.45) is 5.92 Å². The van der Waals surface area contributed by atoms with Gasteiger partial charge in [-0.15, -0.1) is 0 Å². The highest BCUT2D eigenvalue weighted by Crippen LogP contribution is 2.32. The number of hydrogen-bond donors (Lipinski definition) is 2. The van der Waals surface area contributed by atoms with Gasteiger partial charge in [-0.3, -0.25) is 9.69 Å². The van der Waals surface area contributed by atoms with E-state index in [1.807, 2.05) is 0 Å². The number of piperidine rings is 1. The molecule has 2 fully saturated rings.